The molecule has 0 spiro atoms. The van der Waals surface area contributed by atoms with Crippen LogP contribution in [0.15, 0.2) is 0 Å². The van der Waals surface area contributed by atoms with Crippen molar-refractivity contribution in [2.45, 2.75) is 51.1 Å². The van der Waals surface area contributed by atoms with Crippen LogP contribution in [0.2, 0.25) is 0 Å². The van der Waals surface area contributed by atoms with Crippen molar-refractivity contribution in [1.82, 2.24) is 5.32 Å². The third-order valence-electron chi connectivity index (χ3n) is 3.06. The van der Waals surface area contributed by atoms with Crippen molar-refractivity contribution in [2.75, 3.05) is 0 Å². The molecule has 0 radical (unpaired) electrons. The maximum atomic E-state index is 3.66. The van der Waals surface area contributed by atoms with Crippen LogP contribution in [-0.4, -0.2) is 12.1 Å². The Labute approximate surface area is 63.2 Å². The molecule has 0 amide bonds. The van der Waals surface area contributed by atoms with Gasteiger partial charge in [-0.1, -0.05) is 12.8 Å². The fraction of sp³-hybridized carbons (Fsp3) is 1.00. The van der Waals surface area contributed by atoms with Gasteiger partial charge in [0.2, 0.25) is 0 Å². The lowest BCUT2D eigenvalue weighted by Gasteiger charge is -2.24. The predicted octanol–water partition coefficient (Wildman–Crippen LogP) is 1.93. The molecule has 1 aliphatic carbocycles. The van der Waals surface area contributed by atoms with Crippen molar-refractivity contribution >= 4 is 0 Å². The van der Waals surface area contributed by atoms with Gasteiger partial charge in [-0.3, -0.25) is 0 Å². The average Bonchev–Trinajstić information content (AvgIpc) is 2.27. The van der Waals surface area contributed by atoms with E-state index in [9.17, 15) is 0 Å². The molecule has 2 fully saturated rings. The van der Waals surface area contributed by atoms with Crippen LogP contribution in [0.1, 0.15) is 39.0 Å². The first-order valence-electron chi connectivity index (χ1n) is 4.62. The van der Waals surface area contributed by atoms with Gasteiger partial charge < -0.3 is 5.32 Å². The highest BCUT2D eigenvalue weighted by atomic mass is 15.0. The second-order valence-electron chi connectivity index (χ2n) is 3.95. The minimum absolute atomic E-state index is 0.799. The Morgan fingerprint density at radius 1 is 1.20 bits per heavy atom. The van der Waals surface area contributed by atoms with E-state index in [0.29, 0.717) is 0 Å². The van der Waals surface area contributed by atoms with Crippen molar-refractivity contribution in [1.29, 1.82) is 0 Å². The average molecular weight is 139 g/mol. The van der Waals surface area contributed by atoms with Gasteiger partial charge in [-0.2, -0.15) is 0 Å². The topological polar surface area (TPSA) is 12.0 Å². The fourth-order valence-electron chi connectivity index (χ4n) is 2.60. The van der Waals surface area contributed by atoms with Gasteiger partial charge in [-0.15, -0.1) is 0 Å². The Hall–Kier alpha value is -0.0400. The fourth-order valence-corrected chi connectivity index (χ4v) is 2.60. The van der Waals surface area contributed by atoms with Crippen LogP contribution in [0, 0.1) is 5.92 Å². The molecular formula is C9H17N. The second kappa shape index (κ2) is 2.54. The van der Waals surface area contributed by atoms with E-state index in [1.807, 2.05) is 0 Å². The van der Waals surface area contributed by atoms with Crippen molar-refractivity contribution in [3.05, 3.63) is 0 Å². The summed E-state index contributed by atoms with van der Waals surface area (Å²) in [5.41, 5.74) is 0. The Balaban J connectivity index is 1.97. The van der Waals surface area contributed by atoms with Gasteiger partial charge in [0.25, 0.3) is 0 Å². The zero-order chi connectivity index (χ0) is 6.97. The molecule has 0 aromatic heterocycles. The third-order valence-corrected chi connectivity index (χ3v) is 3.06. The van der Waals surface area contributed by atoms with E-state index < -0.39 is 0 Å². The maximum absolute atomic E-state index is 3.66. The molecule has 2 aliphatic rings. The zero-order valence-electron chi connectivity index (χ0n) is 6.77. The summed E-state index contributed by atoms with van der Waals surface area (Å²) in [5, 5.41) is 3.66. The first-order chi connectivity index (χ1) is 4.86. The summed E-state index contributed by atoms with van der Waals surface area (Å²) in [6.07, 6.45) is 7.30. The molecule has 3 atom stereocenters. The van der Waals surface area contributed by atoms with E-state index in [-0.39, 0.29) is 0 Å². The first-order valence-corrected chi connectivity index (χ1v) is 4.62. The van der Waals surface area contributed by atoms with E-state index in [1.54, 1.807) is 0 Å². The van der Waals surface area contributed by atoms with E-state index in [4.69, 9.17) is 0 Å². The van der Waals surface area contributed by atoms with Crippen LogP contribution in [0.3, 0.4) is 0 Å². The minimum atomic E-state index is 0.799. The Bertz CT molecular complexity index is 108. The lowest BCUT2D eigenvalue weighted by Crippen LogP contribution is -2.31. The van der Waals surface area contributed by atoms with Crippen LogP contribution < -0.4 is 5.32 Å². The highest BCUT2D eigenvalue weighted by Crippen LogP contribution is 2.32. The normalized spacial score (nSPS) is 47.1. The van der Waals surface area contributed by atoms with Gasteiger partial charge in [-0.25, -0.2) is 0 Å². The molecule has 1 saturated heterocycles. The number of hydrogen-bond acceptors (Lipinski definition) is 1. The molecule has 1 saturated carbocycles. The number of hydrogen-bond donors (Lipinski definition) is 1. The van der Waals surface area contributed by atoms with Crippen LogP contribution in [0.25, 0.3) is 0 Å². The lowest BCUT2D eigenvalue weighted by molar-refractivity contribution is 0.325. The van der Waals surface area contributed by atoms with E-state index in [1.165, 1.54) is 32.1 Å². The predicted molar refractivity (Wildman–Crippen MR) is 43.0 cm³/mol. The summed E-state index contributed by atoms with van der Waals surface area (Å²) >= 11 is 0. The Morgan fingerprint density at radius 3 is 2.80 bits per heavy atom. The molecule has 10 heavy (non-hydrogen) atoms. The van der Waals surface area contributed by atoms with Crippen LogP contribution in [0.5, 0.6) is 0 Å². The highest BCUT2D eigenvalue weighted by molar-refractivity contribution is 4.90. The molecule has 1 aliphatic heterocycles. The van der Waals surface area contributed by atoms with Gasteiger partial charge in [0.15, 0.2) is 0 Å². The Morgan fingerprint density at radius 2 is 2.00 bits per heavy atom. The molecule has 0 bridgehead atoms. The van der Waals surface area contributed by atoms with E-state index in [2.05, 4.69) is 12.2 Å². The molecule has 0 aromatic carbocycles. The molecule has 0 aromatic rings. The van der Waals surface area contributed by atoms with E-state index in [0.717, 1.165) is 18.0 Å². The largest absolute Gasteiger partial charge is 0.311 e. The van der Waals surface area contributed by atoms with Gasteiger partial charge in [0, 0.05) is 12.1 Å². The summed E-state index contributed by atoms with van der Waals surface area (Å²) in [5.74, 6) is 1.03. The van der Waals surface area contributed by atoms with E-state index >= 15 is 0 Å². The SMILES string of the molecule is CC1C[C@@H]2CCCC[C@H]2N1. The second-order valence-corrected chi connectivity index (χ2v) is 3.95. The van der Waals surface area contributed by atoms with Gasteiger partial charge >= 0.3 is 0 Å². The number of nitrogens with one attached hydrogen (secondary N) is 1. The molecule has 1 unspecified atom stereocenters. The van der Waals surface area contributed by atoms with Gasteiger partial charge in [0.05, 0.1) is 0 Å². The first kappa shape index (κ1) is 6.66. The Kier molecular flexibility index (Phi) is 1.69. The summed E-state index contributed by atoms with van der Waals surface area (Å²) in [7, 11) is 0. The molecule has 1 nitrogen and oxygen atoms in total. The summed E-state index contributed by atoms with van der Waals surface area (Å²) in [6.45, 7) is 2.32. The zero-order valence-corrected chi connectivity index (χ0v) is 6.77. The summed E-state index contributed by atoms with van der Waals surface area (Å²) in [4.78, 5) is 0. The van der Waals surface area contributed by atoms with Crippen LogP contribution in [-0.2, 0) is 0 Å². The van der Waals surface area contributed by atoms with Crippen molar-refractivity contribution in [3.8, 4) is 0 Å². The van der Waals surface area contributed by atoms with Crippen LogP contribution >= 0.6 is 0 Å². The monoisotopic (exact) mass is 139 g/mol. The van der Waals surface area contributed by atoms with Crippen molar-refractivity contribution in [2.24, 2.45) is 5.92 Å². The third kappa shape index (κ3) is 1.07. The van der Waals surface area contributed by atoms with Crippen molar-refractivity contribution < 1.29 is 0 Å². The quantitative estimate of drug-likeness (QED) is 0.540. The molecule has 1 N–H and O–H groups in total. The number of fused-ring (bicyclic) bond motifs is 1. The molecule has 2 rings (SSSR count). The summed E-state index contributed by atoms with van der Waals surface area (Å²) < 4.78 is 0. The molecule has 1 heteroatoms. The summed E-state index contributed by atoms with van der Waals surface area (Å²) in [6, 6.07) is 1.69. The molecule has 58 valence electrons. The molecule has 1 heterocycles. The maximum Gasteiger partial charge on any atom is 0.00983 e. The van der Waals surface area contributed by atoms with Crippen LogP contribution in [0.4, 0.5) is 0 Å². The standard InChI is InChI=1S/C9H17N/c1-7-6-8-4-2-3-5-9(8)10-7/h7-10H,2-6H2,1H3/t7?,8-,9+/m0/s1. The van der Waals surface area contributed by atoms with Crippen molar-refractivity contribution in [3.63, 3.8) is 0 Å². The lowest BCUT2D eigenvalue weighted by atomic mass is 9.85. The minimum Gasteiger partial charge on any atom is -0.311 e. The van der Waals surface area contributed by atoms with Gasteiger partial charge in [0.1, 0.15) is 0 Å². The van der Waals surface area contributed by atoms with Gasteiger partial charge in [-0.05, 0) is 32.1 Å². The number of rotatable bonds is 0. The smallest absolute Gasteiger partial charge is 0.00983 e. The molecular weight excluding hydrogens is 122 g/mol. The highest BCUT2D eigenvalue weighted by Gasteiger charge is 2.32.